The Morgan fingerprint density at radius 3 is 0.954 bits per heavy atom. The number of carbonyl (C=O) groups is 2. The van der Waals surface area contributed by atoms with Crippen molar-refractivity contribution in [1.82, 2.24) is 0 Å². The fourth-order valence-electron chi connectivity index (χ4n) is 8.68. The molecule has 8 aromatic rings. The van der Waals surface area contributed by atoms with Crippen molar-refractivity contribution in [3.63, 3.8) is 0 Å². The van der Waals surface area contributed by atoms with E-state index in [4.69, 9.17) is 0 Å². The van der Waals surface area contributed by atoms with Crippen molar-refractivity contribution in [3.05, 3.63) is 264 Å². The zero-order valence-electron chi connectivity index (χ0n) is 35.6. The molecule has 2 heterocycles. The first-order valence-electron chi connectivity index (χ1n) is 21.2. The second-order valence-electron chi connectivity index (χ2n) is 15.3. The van der Waals surface area contributed by atoms with Crippen molar-refractivity contribution in [2.24, 2.45) is 0 Å². The van der Waals surface area contributed by atoms with Crippen LogP contribution in [0.1, 0.15) is 60.8 Å². The molecule has 65 heavy (non-hydrogen) atoms. The van der Waals surface area contributed by atoms with Gasteiger partial charge in [-0.1, -0.05) is 121 Å². The number of hydrogen-bond donors (Lipinski definition) is 0. The van der Waals surface area contributed by atoms with Crippen LogP contribution in [0, 0.1) is 35.4 Å². The van der Waals surface area contributed by atoms with E-state index in [2.05, 4.69) is 12.1 Å². The van der Waals surface area contributed by atoms with Crippen LogP contribution in [0.4, 0.5) is 28.9 Å². The van der Waals surface area contributed by atoms with Crippen LogP contribution in [-0.4, -0.2) is 11.8 Å². The van der Waals surface area contributed by atoms with Gasteiger partial charge in [0.1, 0.15) is 0 Å². The summed E-state index contributed by atoms with van der Waals surface area (Å²) in [6.45, 7) is 0. The second kappa shape index (κ2) is 22.8. The Hall–Kier alpha value is -6.61. The second-order valence-corrected chi connectivity index (χ2v) is 15.3. The van der Waals surface area contributed by atoms with E-state index in [1.165, 1.54) is 21.9 Å². The minimum Gasteiger partial charge on any atom is -0.350 e. The Morgan fingerprint density at radius 2 is 0.708 bits per heavy atom. The summed E-state index contributed by atoms with van der Waals surface area (Å²) in [5.41, 5.74) is 1.97. The van der Waals surface area contributed by atoms with E-state index in [1.54, 1.807) is 0 Å². The molecule has 324 valence electrons. The number of piperidine rings is 2. The van der Waals surface area contributed by atoms with Gasteiger partial charge in [0.2, 0.25) is 11.8 Å². The number of nitrogens with zero attached hydrogens (tertiary/aromatic N) is 2. The van der Waals surface area contributed by atoms with Crippen LogP contribution in [0.15, 0.2) is 206 Å². The van der Waals surface area contributed by atoms with E-state index in [0.29, 0.717) is 38.5 Å². The quantitative estimate of drug-likeness (QED) is 0.0948. The van der Waals surface area contributed by atoms with Gasteiger partial charge in [0.15, 0.2) is 0 Å². The summed E-state index contributed by atoms with van der Waals surface area (Å²) in [7, 11) is 0. The number of benzene rings is 6. The molecule has 2 aliphatic heterocycles. The van der Waals surface area contributed by atoms with Crippen LogP contribution < -0.4 is 9.80 Å². The van der Waals surface area contributed by atoms with Crippen molar-refractivity contribution < 1.29 is 48.9 Å². The molecule has 0 spiro atoms. The Bertz CT molecular complexity index is 2360. The number of hydrogen-bond acceptors (Lipinski definition) is 2. The average molecular weight is 903 g/mol. The molecule has 0 atom stereocenters. The average Bonchev–Trinajstić information content (AvgIpc) is 4.13. The van der Waals surface area contributed by atoms with Crippen LogP contribution in [0.5, 0.6) is 0 Å². The summed E-state index contributed by atoms with van der Waals surface area (Å²) in [4.78, 5) is 29.1. The fourth-order valence-corrected chi connectivity index (χ4v) is 8.68. The first-order chi connectivity index (χ1) is 31.3. The maximum Gasteiger partial charge on any atom is 4.00 e. The molecule has 2 saturated heterocycles. The molecule has 0 N–H and O–H groups in total. The third kappa shape index (κ3) is 10.9. The normalized spacial score (nSPS) is 14.8. The summed E-state index contributed by atoms with van der Waals surface area (Å²) < 4.78 is 56.3. The van der Waals surface area contributed by atoms with E-state index in [1.807, 2.05) is 182 Å². The number of amides is 2. The summed E-state index contributed by atoms with van der Waals surface area (Å²) in [5, 5.41) is 0. The minimum atomic E-state index is -0.860. The van der Waals surface area contributed by atoms with Gasteiger partial charge >= 0.3 is 21.7 Å². The molecule has 9 heteroatoms. The molecular formula is C56H46F4N2O2Ti. The molecular weight excluding hydrogens is 856 g/mol. The first-order valence-corrected chi connectivity index (χ1v) is 21.2. The fraction of sp³-hybridized carbons (Fsp3) is 0.143. The maximum atomic E-state index is 14.7. The van der Waals surface area contributed by atoms with Gasteiger partial charge in [0.25, 0.3) is 0 Å². The monoisotopic (exact) mass is 902 g/mol. The van der Waals surface area contributed by atoms with Gasteiger partial charge in [-0.25, -0.2) is 41.8 Å². The van der Waals surface area contributed by atoms with Gasteiger partial charge in [0.05, 0.1) is 11.1 Å². The predicted octanol–water partition coefficient (Wildman–Crippen LogP) is 13.3. The van der Waals surface area contributed by atoms with Crippen molar-refractivity contribution in [3.8, 4) is 0 Å². The van der Waals surface area contributed by atoms with E-state index < -0.39 is 34.3 Å². The largest absolute Gasteiger partial charge is 4.00 e. The van der Waals surface area contributed by atoms with Gasteiger partial charge in [-0.2, -0.15) is 36.4 Å². The van der Waals surface area contributed by atoms with Crippen molar-refractivity contribution >= 4 is 23.2 Å². The molecule has 2 amide bonds. The Morgan fingerprint density at radius 1 is 0.415 bits per heavy atom. The van der Waals surface area contributed by atoms with Gasteiger partial charge in [0, 0.05) is 36.1 Å². The van der Waals surface area contributed by atoms with Crippen molar-refractivity contribution in [1.29, 1.82) is 0 Å². The summed E-state index contributed by atoms with van der Waals surface area (Å²) in [6.07, 6.45) is 3.29. The first kappa shape index (κ1) is 47.9. The van der Waals surface area contributed by atoms with Gasteiger partial charge < -0.3 is 9.80 Å². The molecule has 0 saturated carbocycles. The predicted molar refractivity (Wildman–Crippen MR) is 244 cm³/mol. The van der Waals surface area contributed by atoms with E-state index in [9.17, 15) is 27.2 Å². The topological polar surface area (TPSA) is 40.6 Å². The molecule has 0 bridgehead atoms. The summed E-state index contributed by atoms with van der Waals surface area (Å²) in [5.74, 6) is -3.67. The van der Waals surface area contributed by atoms with Crippen LogP contribution >= 0.6 is 0 Å². The van der Waals surface area contributed by atoms with Crippen LogP contribution in [0.25, 0.3) is 0 Å². The van der Waals surface area contributed by atoms with E-state index >= 15 is 0 Å². The van der Waals surface area contributed by atoms with Crippen LogP contribution in [0.3, 0.4) is 0 Å². The van der Waals surface area contributed by atoms with Crippen LogP contribution in [-0.2, 0) is 42.4 Å². The standard InChI is InChI=1S/2C23H18F2NO.2C5H5.Ti/c2*24-19-13-14-21(20(25)16-19)26-22(27)12-7-15-23(26,17-8-3-1-4-9-17)18-10-5-2-6-11-18;2*1-2-4-5-3-1;/h2*1-6,8-11,13-14H,7,12,15H2;2*1-5H;/q4*-1;+4. The zero-order chi connectivity index (χ0) is 44.8. The minimum absolute atomic E-state index is 0. The molecule has 0 aliphatic carbocycles. The zero-order valence-corrected chi connectivity index (χ0v) is 37.2. The number of anilines is 2. The molecule has 8 aromatic carbocycles. The third-order valence-electron chi connectivity index (χ3n) is 11.4. The molecule has 2 fully saturated rings. The molecule has 0 aromatic heterocycles. The number of rotatable bonds is 6. The summed E-state index contributed by atoms with van der Waals surface area (Å²) >= 11 is 0. The van der Waals surface area contributed by atoms with E-state index in [-0.39, 0.29) is 44.9 Å². The molecule has 2 aliphatic rings. The Balaban J connectivity index is 0.000000175. The van der Waals surface area contributed by atoms with Crippen molar-refractivity contribution in [2.45, 2.75) is 49.6 Å². The molecule has 4 nitrogen and oxygen atoms in total. The Kier molecular flexibility index (Phi) is 16.8. The van der Waals surface area contributed by atoms with Crippen LogP contribution in [0.2, 0.25) is 0 Å². The van der Waals surface area contributed by atoms with E-state index in [0.717, 1.165) is 34.4 Å². The Labute approximate surface area is 393 Å². The maximum absolute atomic E-state index is 14.7. The van der Waals surface area contributed by atoms with Crippen molar-refractivity contribution in [2.75, 3.05) is 9.80 Å². The van der Waals surface area contributed by atoms with Gasteiger partial charge in [-0.05, 0) is 59.3 Å². The number of halogens is 4. The smallest absolute Gasteiger partial charge is 0.350 e. The van der Waals surface area contributed by atoms with Gasteiger partial charge in [-0.3, -0.25) is 9.59 Å². The van der Waals surface area contributed by atoms with Gasteiger partial charge in [-0.15, -0.1) is 36.4 Å². The molecule has 10 rings (SSSR count). The molecule has 0 radical (unpaired) electrons. The number of carbonyl (C=O) groups excluding carboxylic acids is 2. The third-order valence-corrected chi connectivity index (χ3v) is 11.4. The summed E-state index contributed by atoms with van der Waals surface area (Å²) in [6, 6.07) is 67.5. The SMILES string of the molecule is O=C1CCCC(c2ccccc2)(c2ccccc2)N1c1ccc(F)[c-]c1F.O=C1CCCC(c2ccccc2)(c2ccccc2)N1c1ccc(F)[c-]c1F.[Ti+4].c1cc[cH-]c1.c1cc[cH-]c1. The molecule has 0 unspecified atom stereocenters.